The van der Waals surface area contributed by atoms with E-state index in [0.29, 0.717) is 10.7 Å². The summed E-state index contributed by atoms with van der Waals surface area (Å²) in [5.41, 5.74) is -2.13. The largest absolute Gasteiger partial charge is 0.333 e. The van der Waals surface area contributed by atoms with Gasteiger partial charge in [-0.1, -0.05) is 0 Å². The van der Waals surface area contributed by atoms with Crippen LogP contribution in [0, 0.1) is 13.8 Å². The molecule has 0 spiro atoms. The molecule has 27 heavy (non-hydrogen) atoms. The second-order valence-electron chi connectivity index (χ2n) is 5.44. The average Bonchev–Trinajstić information content (AvgIpc) is 3.08. The van der Waals surface area contributed by atoms with Crippen molar-refractivity contribution in [1.29, 1.82) is 0 Å². The molecular formula is C13H15F6N5O2S. The van der Waals surface area contributed by atoms with E-state index in [4.69, 9.17) is 0 Å². The molecule has 0 aliphatic carbocycles. The normalized spacial score (nSPS) is 12.7. The van der Waals surface area contributed by atoms with Crippen LogP contribution in [0.1, 0.15) is 42.2 Å². The summed E-state index contributed by atoms with van der Waals surface area (Å²) in [6.45, 7) is -1.63. The van der Waals surface area contributed by atoms with Gasteiger partial charge in [-0.05, 0) is 19.9 Å². The molecular weight excluding hydrogens is 404 g/mol. The second-order valence-corrected chi connectivity index (χ2v) is 7.14. The molecule has 0 saturated carbocycles. The van der Waals surface area contributed by atoms with Gasteiger partial charge in [0.1, 0.15) is 16.3 Å². The van der Waals surface area contributed by atoms with Gasteiger partial charge in [-0.25, -0.2) is 35.4 Å². The van der Waals surface area contributed by atoms with Gasteiger partial charge in [-0.3, -0.25) is 4.68 Å². The number of rotatable bonds is 8. The fourth-order valence-corrected chi connectivity index (χ4v) is 3.91. The summed E-state index contributed by atoms with van der Waals surface area (Å²) in [6, 6.07) is 0.533. The summed E-state index contributed by atoms with van der Waals surface area (Å²) in [4.78, 5) is -0.467. The predicted molar refractivity (Wildman–Crippen MR) is 80.3 cm³/mol. The molecule has 0 radical (unpaired) electrons. The van der Waals surface area contributed by atoms with E-state index in [1.54, 1.807) is 0 Å². The first-order chi connectivity index (χ1) is 12.5. The molecule has 0 saturated heterocycles. The third kappa shape index (κ3) is 4.43. The summed E-state index contributed by atoms with van der Waals surface area (Å²) in [5.74, 6) is 0. The van der Waals surface area contributed by atoms with Crippen LogP contribution in [0.2, 0.25) is 0 Å². The Morgan fingerprint density at radius 2 is 1.70 bits per heavy atom. The number of alkyl halides is 6. The highest BCUT2D eigenvalue weighted by atomic mass is 32.2. The van der Waals surface area contributed by atoms with Crippen LogP contribution in [0.4, 0.5) is 26.3 Å². The maximum Gasteiger partial charge on any atom is 0.333 e. The topological polar surface area (TPSA) is 81.8 Å². The van der Waals surface area contributed by atoms with E-state index in [0.717, 1.165) is 6.92 Å². The van der Waals surface area contributed by atoms with Crippen LogP contribution >= 0.6 is 0 Å². The van der Waals surface area contributed by atoms with Gasteiger partial charge in [0.05, 0.1) is 17.9 Å². The maximum absolute atomic E-state index is 12.9. The Labute approximate surface area is 150 Å². The summed E-state index contributed by atoms with van der Waals surface area (Å²) < 4.78 is 104. The zero-order valence-corrected chi connectivity index (χ0v) is 14.8. The highest BCUT2D eigenvalue weighted by molar-refractivity contribution is 7.89. The van der Waals surface area contributed by atoms with Crippen LogP contribution in [0.3, 0.4) is 0 Å². The van der Waals surface area contributed by atoms with Crippen molar-refractivity contribution in [2.45, 2.75) is 44.7 Å². The molecule has 7 nitrogen and oxygen atoms in total. The van der Waals surface area contributed by atoms with Crippen molar-refractivity contribution in [2.75, 3.05) is 6.54 Å². The molecule has 0 atom stereocenters. The van der Waals surface area contributed by atoms with E-state index >= 15 is 0 Å². The fraction of sp³-hybridized carbons (Fsp3) is 0.538. The Morgan fingerprint density at radius 3 is 2.19 bits per heavy atom. The first kappa shape index (κ1) is 21.2. The van der Waals surface area contributed by atoms with Crippen molar-refractivity contribution in [3.05, 3.63) is 28.8 Å². The molecule has 2 rings (SSSR count). The van der Waals surface area contributed by atoms with Gasteiger partial charge in [0.25, 0.3) is 12.9 Å². The minimum absolute atomic E-state index is 0.173. The molecule has 2 aromatic heterocycles. The Hall–Kier alpha value is -2.09. The van der Waals surface area contributed by atoms with Crippen LogP contribution in [0.25, 0.3) is 0 Å². The Morgan fingerprint density at radius 1 is 1.07 bits per heavy atom. The van der Waals surface area contributed by atoms with Crippen molar-refractivity contribution in [3.63, 3.8) is 0 Å². The van der Waals surface area contributed by atoms with Gasteiger partial charge in [0.15, 0.2) is 0 Å². The third-order valence-corrected chi connectivity index (χ3v) is 5.32. The number of nitrogens with one attached hydrogen (secondary N) is 1. The minimum Gasteiger partial charge on any atom is -0.262 e. The summed E-state index contributed by atoms with van der Waals surface area (Å²) in [5, 5.41) is 6.77. The molecule has 0 unspecified atom stereocenters. The average molecular weight is 419 g/mol. The number of sulfonamides is 1. The molecule has 0 bridgehead atoms. The lowest BCUT2D eigenvalue weighted by Gasteiger charge is -2.09. The zero-order chi connectivity index (χ0) is 20.5. The van der Waals surface area contributed by atoms with Gasteiger partial charge in [-0.2, -0.15) is 19.0 Å². The highest BCUT2D eigenvalue weighted by Gasteiger charge is 2.27. The molecule has 0 aliphatic heterocycles. The van der Waals surface area contributed by atoms with E-state index in [2.05, 4.69) is 10.2 Å². The monoisotopic (exact) mass is 419 g/mol. The maximum atomic E-state index is 12.9. The van der Waals surface area contributed by atoms with E-state index in [1.807, 2.05) is 4.72 Å². The lowest BCUT2D eigenvalue weighted by Crippen LogP contribution is -2.29. The zero-order valence-electron chi connectivity index (χ0n) is 14.0. The smallest absolute Gasteiger partial charge is 0.262 e. The van der Waals surface area contributed by atoms with Crippen LogP contribution in [-0.4, -0.2) is 34.5 Å². The van der Waals surface area contributed by atoms with E-state index < -0.39 is 58.8 Å². The molecule has 2 heterocycles. The van der Waals surface area contributed by atoms with Crippen LogP contribution in [0.5, 0.6) is 0 Å². The molecule has 0 fully saturated rings. The number of nitrogens with zero attached hydrogens (tertiary/aromatic N) is 4. The standard InChI is InChI=1S/C13H15F6N5O2S/c1-6-10(7(2)24(21-6)13(18)19)27(25,26)20-3-4-23-9(12(16)17)5-8(22-23)11(14)15/h5,11-13,20H,3-4H2,1-2H3. The quantitative estimate of drug-likeness (QED) is 0.667. The fourth-order valence-electron chi connectivity index (χ4n) is 2.50. The van der Waals surface area contributed by atoms with Gasteiger partial charge in [-0.15, -0.1) is 0 Å². The number of aryl methyl sites for hydroxylation is 1. The predicted octanol–water partition coefficient (Wildman–Crippen LogP) is 2.95. The van der Waals surface area contributed by atoms with E-state index in [-0.39, 0.29) is 16.1 Å². The number of aromatic nitrogens is 4. The van der Waals surface area contributed by atoms with Crippen LogP contribution in [0.15, 0.2) is 11.0 Å². The number of hydrogen-bond acceptors (Lipinski definition) is 4. The SMILES string of the molecule is Cc1nn(C(F)F)c(C)c1S(=O)(=O)NCCn1nc(C(F)F)cc1C(F)F. The Bertz CT molecular complexity index is 909. The van der Waals surface area contributed by atoms with Crippen molar-refractivity contribution >= 4 is 10.0 Å². The molecule has 2 aromatic rings. The van der Waals surface area contributed by atoms with Gasteiger partial charge >= 0.3 is 6.55 Å². The second kappa shape index (κ2) is 7.88. The Kier molecular flexibility index (Phi) is 6.19. The summed E-state index contributed by atoms with van der Waals surface area (Å²) in [7, 11) is -4.29. The first-order valence-electron chi connectivity index (χ1n) is 7.43. The molecule has 0 aromatic carbocycles. The highest BCUT2D eigenvalue weighted by Crippen LogP contribution is 2.25. The Balaban J connectivity index is 2.18. The van der Waals surface area contributed by atoms with Crippen molar-refractivity contribution in [1.82, 2.24) is 24.3 Å². The molecule has 1 N–H and O–H groups in total. The lowest BCUT2D eigenvalue weighted by molar-refractivity contribution is 0.0538. The van der Waals surface area contributed by atoms with Gasteiger partial charge in [0.2, 0.25) is 10.0 Å². The van der Waals surface area contributed by atoms with Gasteiger partial charge in [0, 0.05) is 6.54 Å². The molecule has 0 amide bonds. The molecule has 152 valence electrons. The molecule has 14 heteroatoms. The molecule has 0 aliphatic rings. The lowest BCUT2D eigenvalue weighted by atomic mass is 10.3. The van der Waals surface area contributed by atoms with Gasteiger partial charge < -0.3 is 0 Å². The number of hydrogen-bond donors (Lipinski definition) is 1. The van der Waals surface area contributed by atoms with Crippen molar-refractivity contribution < 1.29 is 34.8 Å². The van der Waals surface area contributed by atoms with Crippen LogP contribution in [-0.2, 0) is 16.6 Å². The van der Waals surface area contributed by atoms with E-state index in [9.17, 15) is 34.8 Å². The third-order valence-electron chi connectivity index (χ3n) is 3.61. The van der Waals surface area contributed by atoms with Crippen molar-refractivity contribution in [3.8, 4) is 0 Å². The van der Waals surface area contributed by atoms with Crippen molar-refractivity contribution in [2.24, 2.45) is 0 Å². The number of halogens is 6. The first-order valence-corrected chi connectivity index (χ1v) is 8.91. The summed E-state index contributed by atoms with van der Waals surface area (Å²) in [6.07, 6.45) is -6.15. The summed E-state index contributed by atoms with van der Waals surface area (Å²) >= 11 is 0. The van der Waals surface area contributed by atoms with E-state index in [1.165, 1.54) is 6.92 Å². The minimum atomic E-state index is -4.29. The van der Waals surface area contributed by atoms with Crippen LogP contribution < -0.4 is 4.72 Å².